The van der Waals surface area contributed by atoms with Crippen LogP contribution in [0.4, 0.5) is 4.39 Å². The molecule has 2 rings (SSSR count). The van der Waals surface area contributed by atoms with E-state index in [2.05, 4.69) is 0 Å². The first-order valence-corrected chi connectivity index (χ1v) is 4.88. The first kappa shape index (κ1) is 11.1. The number of phenolic OH excluding ortho intramolecular Hbond substituents is 2. The van der Waals surface area contributed by atoms with E-state index in [-0.39, 0.29) is 17.1 Å². The number of carbonyl (C=O) groups excluding carboxylic acids is 1. The molecule has 2 N–H and O–H groups in total. The van der Waals surface area contributed by atoms with Crippen molar-refractivity contribution in [1.82, 2.24) is 0 Å². The van der Waals surface area contributed by atoms with Crippen molar-refractivity contribution in [1.29, 1.82) is 0 Å². The largest absolute Gasteiger partial charge is 0.508 e. The maximum atomic E-state index is 13.1. The smallest absolute Gasteiger partial charge is 0.153 e. The second kappa shape index (κ2) is 4.25. The predicted octanol–water partition coefficient (Wildman–Crippen LogP) is 2.72. The minimum absolute atomic E-state index is 0.161. The Morgan fingerprint density at radius 3 is 2.35 bits per heavy atom. The molecule has 0 bridgehead atoms. The number of benzene rings is 2. The second-order valence-electron chi connectivity index (χ2n) is 3.59. The fraction of sp³-hybridized carbons (Fsp3) is 0. The van der Waals surface area contributed by atoms with Crippen LogP contribution in [-0.2, 0) is 0 Å². The number of phenols is 2. The van der Waals surface area contributed by atoms with Crippen LogP contribution in [0.3, 0.4) is 0 Å². The number of halogens is 1. The lowest BCUT2D eigenvalue weighted by Gasteiger charge is -2.05. The standard InChI is InChI=1S/C13H9FO3/c14-11-3-10(4-12(16)6-11)8-1-2-9(7-15)13(17)5-8/h1-7,16-17H. The van der Waals surface area contributed by atoms with Gasteiger partial charge in [0.1, 0.15) is 17.3 Å². The molecule has 0 saturated heterocycles. The van der Waals surface area contributed by atoms with Crippen molar-refractivity contribution >= 4 is 6.29 Å². The molecule has 0 atom stereocenters. The summed E-state index contributed by atoms with van der Waals surface area (Å²) in [6, 6.07) is 7.94. The molecule has 0 aromatic heterocycles. The van der Waals surface area contributed by atoms with Gasteiger partial charge in [0.2, 0.25) is 0 Å². The van der Waals surface area contributed by atoms with E-state index in [9.17, 15) is 19.4 Å². The molecule has 2 aromatic rings. The number of aldehydes is 1. The minimum atomic E-state index is -0.570. The highest BCUT2D eigenvalue weighted by Gasteiger charge is 2.06. The van der Waals surface area contributed by atoms with Crippen molar-refractivity contribution in [2.75, 3.05) is 0 Å². The van der Waals surface area contributed by atoms with Crippen LogP contribution < -0.4 is 0 Å². The van der Waals surface area contributed by atoms with E-state index in [4.69, 9.17) is 0 Å². The van der Waals surface area contributed by atoms with Crippen molar-refractivity contribution in [3.63, 3.8) is 0 Å². The lowest BCUT2D eigenvalue weighted by molar-refractivity contribution is 0.112. The highest BCUT2D eigenvalue weighted by Crippen LogP contribution is 2.28. The monoisotopic (exact) mass is 232 g/mol. The topological polar surface area (TPSA) is 57.5 Å². The molecule has 0 radical (unpaired) electrons. The van der Waals surface area contributed by atoms with Crippen molar-refractivity contribution in [2.24, 2.45) is 0 Å². The van der Waals surface area contributed by atoms with Crippen LogP contribution >= 0.6 is 0 Å². The zero-order chi connectivity index (χ0) is 12.4. The fourth-order valence-electron chi connectivity index (χ4n) is 1.56. The molecule has 17 heavy (non-hydrogen) atoms. The summed E-state index contributed by atoms with van der Waals surface area (Å²) in [6.45, 7) is 0. The Hall–Kier alpha value is -2.36. The Bertz CT molecular complexity index is 559. The van der Waals surface area contributed by atoms with Crippen LogP contribution in [0, 0.1) is 5.82 Å². The summed E-state index contributed by atoms with van der Waals surface area (Å²) >= 11 is 0. The van der Waals surface area contributed by atoms with Gasteiger partial charge in [0, 0.05) is 6.07 Å². The maximum absolute atomic E-state index is 13.1. The average molecular weight is 232 g/mol. The Balaban J connectivity index is 2.53. The normalized spacial score (nSPS) is 10.2. The predicted molar refractivity (Wildman–Crippen MR) is 60.6 cm³/mol. The first-order valence-electron chi connectivity index (χ1n) is 4.88. The molecule has 0 fully saturated rings. The third-order valence-corrected chi connectivity index (χ3v) is 2.37. The Morgan fingerprint density at radius 2 is 1.76 bits per heavy atom. The van der Waals surface area contributed by atoms with Gasteiger partial charge in [-0.25, -0.2) is 4.39 Å². The highest BCUT2D eigenvalue weighted by molar-refractivity contribution is 5.81. The summed E-state index contributed by atoms with van der Waals surface area (Å²) in [7, 11) is 0. The molecule has 86 valence electrons. The zero-order valence-corrected chi connectivity index (χ0v) is 8.72. The third kappa shape index (κ3) is 2.25. The lowest BCUT2D eigenvalue weighted by Crippen LogP contribution is -1.84. The molecule has 0 heterocycles. The zero-order valence-electron chi connectivity index (χ0n) is 8.72. The van der Waals surface area contributed by atoms with Gasteiger partial charge in [-0.15, -0.1) is 0 Å². The van der Waals surface area contributed by atoms with Crippen LogP contribution in [0.1, 0.15) is 10.4 Å². The van der Waals surface area contributed by atoms with E-state index in [1.54, 1.807) is 6.07 Å². The van der Waals surface area contributed by atoms with E-state index >= 15 is 0 Å². The Kier molecular flexibility index (Phi) is 2.78. The molecule has 0 saturated carbocycles. The first-order chi connectivity index (χ1) is 8.10. The molecule has 0 spiro atoms. The fourth-order valence-corrected chi connectivity index (χ4v) is 1.56. The van der Waals surface area contributed by atoms with Crippen molar-refractivity contribution in [3.8, 4) is 22.6 Å². The van der Waals surface area contributed by atoms with Gasteiger partial charge in [0.25, 0.3) is 0 Å². The van der Waals surface area contributed by atoms with E-state index < -0.39 is 5.82 Å². The van der Waals surface area contributed by atoms with Gasteiger partial charge in [-0.3, -0.25) is 4.79 Å². The summed E-state index contributed by atoms with van der Waals surface area (Å²) in [6.07, 6.45) is 0.530. The van der Waals surface area contributed by atoms with Gasteiger partial charge in [-0.1, -0.05) is 6.07 Å². The quantitative estimate of drug-likeness (QED) is 0.782. The van der Waals surface area contributed by atoms with Crippen LogP contribution in [0.5, 0.6) is 11.5 Å². The molecule has 3 nitrogen and oxygen atoms in total. The van der Waals surface area contributed by atoms with Crippen LogP contribution in [-0.4, -0.2) is 16.5 Å². The molecule has 0 aliphatic rings. The second-order valence-corrected chi connectivity index (χ2v) is 3.59. The number of carbonyl (C=O) groups is 1. The van der Waals surface area contributed by atoms with E-state index in [0.717, 1.165) is 6.07 Å². The average Bonchev–Trinajstić information content (AvgIpc) is 2.27. The van der Waals surface area contributed by atoms with Crippen molar-refractivity contribution in [3.05, 3.63) is 47.8 Å². The minimum Gasteiger partial charge on any atom is -0.508 e. The van der Waals surface area contributed by atoms with E-state index in [0.29, 0.717) is 17.4 Å². The van der Waals surface area contributed by atoms with Gasteiger partial charge >= 0.3 is 0 Å². The summed E-state index contributed by atoms with van der Waals surface area (Å²) in [5.74, 6) is -0.945. The third-order valence-electron chi connectivity index (χ3n) is 2.37. The molecule has 2 aromatic carbocycles. The van der Waals surface area contributed by atoms with Crippen molar-refractivity contribution < 1.29 is 19.4 Å². The van der Waals surface area contributed by atoms with Gasteiger partial charge in [-0.2, -0.15) is 0 Å². The molecular formula is C13H9FO3. The Morgan fingerprint density at radius 1 is 1.00 bits per heavy atom. The van der Waals surface area contributed by atoms with Crippen LogP contribution in [0.2, 0.25) is 0 Å². The van der Waals surface area contributed by atoms with Crippen molar-refractivity contribution in [2.45, 2.75) is 0 Å². The number of hydrogen-bond donors (Lipinski definition) is 2. The maximum Gasteiger partial charge on any atom is 0.153 e. The van der Waals surface area contributed by atoms with E-state index in [1.807, 2.05) is 0 Å². The Labute approximate surface area is 96.8 Å². The number of aromatic hydroxyl groups is 2. The van der Waals surface area contributed by atoms with Gasteiger partial charge < -0.3 is 10.2 Å². The van der Waals surface area contributed by atoms with Crippen LogP contribution in [0.25, 0.3) is 11.1 Å². The molecule has 0 amide bonds. The van der Waals surface area contributed by atoms with Crippen LogP contribution in [0.15, 0.2) is 36.4 Å². The van der Waals surface area contributed by atoms with Gasteiger partial charge in [0.05, 0.1) is 5.56 Å². The van der Waals surface area contributed by atoms with Gasteiger partial charge in [-0.05, 0) is 35.4 Å². The summed E-state index contributed by atoms with van der Waals surface area (Å²) in [5.41, 5.74) is 1.10. The summed E-state index contributed by atoms with van der Waals surface area (Å²) in [4.78, 5) is 10.5. The molecule has 0 aliphatic heterocycles. The lowest BCUT2D eigenvalue weighted by atomic mass is 10.0. The van der Waals surface area contributed by atoms with Gasteiger partial charge in [0.15, 0.2) is 6.29 Å². The summed E-state index contributed by atoms with van der Waals surface area (Å²) in [5, 5.41) is 18.8. The molecule has 0 unspecified atom stereocenters. The SMILES string of the molecule is O=Cc1ccc(-c2cc(O)cc(F)c2)cc1O. The number of hydrogen-bond acceptors (Lipinski definition) is 3. The summed E-state index contributed by atoms with van der Waals surface area (Å²) < 4.78 is 13.1. The molecular weight excluding hydrogens is 223 g/mol. The number of rotatable bonds is 2. The highest BCUT2D eigenvalue weighted by atomic mass is 19.1. The molecule has 0 aliphatic carbocycles. The molecule has 4 heteroatoms. The van der Waals surface area contributed by atoms with E-state index in [1.165, 1.54) is 24.3 Å².